The molecule has 1 N–H and O–H groups in total. The minimum absolute atomic E-state index is 0.0274. The molecule has 4 rings (SSSR count). The van der Waals surface area contributed by atoms with Gasteiger partial charge in [0.05, 0.1) is 13.2 Å². The van der Waals surface area contributed by atoms with Crippen LogP contribution in [-0.2, 0) is 14.3 Å². The molecule has 8 heteroatoms. The number of nitrogens with one attached hydrogen (secondary N) is 1. The first-order chi connectivity index (χ1) is 13.7. The largest absolute Gasteiger partial charge is 0.490 e. The fraction of sp³-hybridized carbons (Fsp3) is 0.300. The summed E-state index contributed by atoms with van der Waals surface area (Å²) in [5, 5.41) is 2.66. The number of carbonyl (C=O) groups excluding carboxylic acids is 2. The highest BCUT2D eigenvalue weighted by Crippen LogP contribution is 2.32. The number of anilines is 1. The van der Waals surface area contributed by atoms with Gasteiger partial charge in [0, 0.05) is 18.2 Å². The van der Waals surface area contributed by atoms with Crippen LogP contribution in [0, 0.1) is 0 Å². The summed E-state index contributed by atoms with van der Waals surface area (Å²) in [6, 6.07) is 12.1. The van der Waals surface area contributed by atoms with Crippen LogP contribution in [0.5, 0.6) is 23.0 Å². The SMILES string of the molecule is O=C(COC(=O)[C@H]1COc2ccccc2O1)Nc1ccc2c(c1)OCCCO2. The predicted octanol–water partition coefficient (Wildman–Crippen LogP) is 2.17. The van der Waals surface area contributed by atoms with E-state index < -0.39 is 24.6 Å². The summed E-state index contributed by atoms with van der Waals surface area (Å²) in [6.07, 6.45) is -0.121. The van der Waals surface area contributed by atoms with Gasteiger partial charge in [-0.05, 0) is 24.3 Å². The Morgan fingerprint density at radius 3 is 2.57 bits per heavy atom. The van der Waals surface area contributed by atoms with Crippen LogP contribution < -0.4 is 24.3 Å². The van der Waals surface area contributed by atoms with Crippen molar-refractivity contribution in [2.24, 2.45) is 0 Å². The van der Waals surface area contributed by atoms with E-state index in [0.29, 0.717) is 41.9 Å². The lowest BCUT2D eigenvalue weighted by molar-refractivity contribution is -0.156. The second-order valence-electron chi connectivity index (χ2n) is 6.23. The van der Waals surface area contributed by atoms with Crippen LogP contribution in [0.25, 0.3) is 0 Å². The monoisotopic (exact) mass is 385 g/mol. The quantitative estimate of drug-likeness (QED) is 0.807. The number of carbonyl (C=O) groups is 2. The van der Waals surface area contributed by atoms with Gasteiger partial charge in [0.15, 0.2) is 29.6 Å². The molecule has 0 spiro atoms. The van der Waals surface area contributed by atoms with E-state index in [2.05, 4.69) is 5.32 Å². The molecule has 146 valence electrons. The summed E-state index contributed by atoms with van der Waals surface area (Å²) in [6.45, 7) is 0.731. The average molecular weight is 385 g/mol. The highest BCUT2D eigenvalue weighted by Gasteiger charge is 2.29. The van der Waals surface area contributed by atoms with Crippen LogP contribution in [-0.4, -0.2) is 44.4 Å². The van der Waals surface area contributed by atoms with Gasteiger partial charge in [-0.2, -0.15) is 0 Å². The Kier molecular flexibility index (Phi) is 5.18. The third kappa shape index (κ3) is 4.11. The molecule has 1 amide bonds. The van der Waals surface area contributed by atoms with Crippen LogP contribution in [0.2, 0.25) is 0 Å². The average Bonchev–Trinajstić information content (AvgIpc) is 2.96. The van der Waals surface area contributed by atoms with E-state index in [1.807, 2.05) is 6.07 Å². The van der Waals surface area contributed by atoms with Gasteiger partial charge in [-0.1, -0.05) is 12.1 Å². The number of fused-ring (bicyclic) bond motifs is 2. The number of rotatable bonds is 4. The lowest BCUT2D eigenvalue weighted by Gasteiger charge is -2.24. The second-order valence-corrected chi connectivity index (χ2v) is 6.23. The molecule has 0 saturated heterocycles. The molecule has 0 aliphatic carbocycles. The lowest BCUT2D eigenvalue weighted by Crippen LogP contribution is -2.39. The van der Waals surface area contributed by atoms with Crippen molar-refractivity contribution >= 4 is 17.6 Å². The normalized spacial score (nSPS) is 17.2. The van der Waals surface area contributed by atoms with Crippen molar-refractivity contribution in [3.63, 3.8) is 0 Å². The van der Waals surface area contributed by atoms with Gasteiger partial charge in [0.1, 0.15) is 6.61 Å². The van der Waals surface area contributed by atoms with Gasteiger partial charge in [-0.15, -0.1) is 0 Å². The molecule has 2 aliphatic rings. The summed E-state index contributed by atoms with van der Waals surface area (Å²) < 4.78 is 27.2. The molecule has 0 fully saturated rings. The van der Waals surface area contributed by atoms with E-state index in [-0.39, 0.29) is 6.61 Å². The van der Waals surface area contributed by atoms with Gasteiger partial charge in [0.2, 0.25) is 6.10 Å². The summed E-state index contributed by atoms with van der Waals surface area (Å²) in [7, 11) is 0. The van der Waals surface area contributed by atoms with Crippen LogP contribution in [0.4, 0.5) is 5.69 Å². The van der Waals surface area contributed by atoms with E-state index in [4.69, 9.17) is 23.7 Å². The second kappa shape index (κ2) is 8.08. The zero-order chi connectivity index (χ0) is 19.3. The van der Waals surface area contributed by atoms with Gasteiger partial charge < -0.3 is 29.0 Å². The molecule has 2 heterocycles. The summed E-state index contributed by atoms with van der Waals surface area (Å²) in [5.74, 6) is 1.10. The number of esters is 1. The number of para-hydroxylation sites is 2. The predicted molar refractivity (Wildman–Crippen MR) is 98.0 cm³/mol. The van der Waals surface area contributed by atoms with E-state index in [1.165, 1.54) is 0 Å². The summed E-state index contributed by atoms with van der Waals surface area (Å²) in [4.78, 5) is 24.3. The fourth-order valence-corrected chi connectivity index (χ4v) is 2.80. The molecule has 8 nitrogen and oxygen atoms in total. The molecule has 2 aromatic carbocycles. The van der Waals surface area contributed by atoms with Crippen molar-refractivity contribution < 1.29 is 33.3 Å². The topological polar surface area (TPSA) is 92.3 Å². The third-order valence-electron chi connectivity index (χ3n) is 4.15. The first-order valence-corrected chi connectivity index (χ1v) is 8.94. The van der Waals surface area contributed by atoms with Crippen molar-refractivity contribution in [2.45, 2.75) is 12.5 Å². The standard InChI is InChI=1S/C20H19NO7/c22-19(21-13-6-7-15-17(10-13)25-9-3-8-24-15)12-27-20(23)18-11-26-14-4-1-2-5-16(14)28-18/h1-2,4-7,10,18H,3,8-9,11-12H2,(H,21,22)/t18-/m1/s1. The molecule has 28 heavy (non-hydrogen) atoms. The molecular weight excluding hydrogens is 366 g/mol. The minimum Gasteiger partial charge on any atom is -0.490 e. The number of benzene rings is 2. The molecule has 0 unspecified atom stereocenters. The van der Waals surface area contributed by atoms with Crippen molar-refractivity contribution in [3.8, 4) is 23.0 Å². The molecule has 2 aliphatic heterocycles. The highest BCUT2D eigenvalue weighted by molar-refractivity contribution is 5.93. The van der Waals surface area contributed by atoms with E-state index >= 15 is 0 Å². The molecule has 0 radical (unpaired) electrons. The first kappa shape index (κ1) is 18.0. The first-order valence-electron chi connectivity index (χ1n) is 8.94. The Balaban J connectivity index is 1.29. The van der Waals surface area contributed by atoms with E-state index in [9.17, 15) is 9.59 Å². The van der Waals surface area contributed by atoms with Crippen LogP contribution >= 0.6 is 0 Å². The summed E-state index contributed by atoms with van der Waals surface area (Å²) in [5.41, 5.74) is 0.525. The highest BCUT2D eigenvalue weighted by atomic mass is 16.6. The zero-order valence-corrected chi connectivity index (χ0v) is 15.0. The Bertz CT molecular complexity index is 883. The Morgan fingerprint density at radius 2 is 1.71 bits per heavy atom. The van der Waals surface area contributed by atoms with Crippen LogP contribution in [0.15, 0.2) is 42.5 Å². The van der Waals surface area contributed by atoms with Gasteiger partial charge in [-0.3, -0.25) is 4.79 Å². The van der Waals surface area contributed by atoms with Gasteiger partial charge >= 0.3 is 5.97 Å². The van der Waals surface area contributed by atoms with Crippen LogP contribution in [0.3, 0.4) is 0 Å². The van der Waals surface area contributed by atoms with E-state index in [1.54, 1.807) is 36.4 Å². The van der Waals surface area contributed by atoms with E-state index in [0.717, 1.165) is 6.42 Å². The van der Waals surface area contributed by atoms with Gasteiger partial charge in [0.25, 0.3) is 5.91 Å². The number of ether oxygens (including phenoxy) is 5. The Morgan fingerprint density at radius 1 is 0.964 bits per heavy atom. The van der Waals surface area contributed by atoms with Crippen molar-refractivity contribution in [1.82, 2.24) is 0 Å². The maximum absolute atomic E-state index is 12.2. The van der Waals surface area contributed by atoms with Crippen molar-refractivity contribution in [3.05, 3.63) is 42.5 Å². The fourth-order valence-electron chi connectivity index (χ4n) is 2.80. The minimum atomic E-state index is -0.916. The molecular formula is C20H19NO7. The number of hydrogen-bond donors (Lipinski definition) is 1. The third-order valence-corrected chi connectivity index (χ3v) is 4.15. The summed E-state index contributed by atoms with van der Waals surface area (Å²) >= 11 is 0. The smallest absolute Gasteiger partial charge is 0.351 e. The van der Waals surface area contributed by atoms with Gasteiger partial charge in [-0.25, -0.2) is 4.79 Å². The Labute approximate surface area is 161 Å². The molecule has 2 aromatic rings. The molecule has 0 aromatic heterocycles. The van der Waals surface area contributed by atoms with Crippen molar-refractivity contribution in [2.75, 3.05) is 31.7 Å². The maximum atomic E-state index is 12.2. The lowest BCUT2D eigenvalue weighted by atomic mass is 10.2. The number of amides is 1. The molecule has 1 atom stereocenters. The van der Waals surface area contributed by atoms with Crippen molar-refractivity contribution in [1.29, 1.82) is 0 Å². The Hall–Kier alpha value is -3.42. The number of hydrogen-bond acceptors (Lipinski definition) is 7. The maximum Gasteiger partial charge on any atom is 0.351 e. The van der Waals surface area contributed by atoms with Crippen LogP contribution in [0.1, 0.15) is 6.42 Å². The zero-order valence-electron chi connectivity index (χ0n) is 15.0. The molecule has 0 bridgehead atoms. The molecule has 0 saturated carbocycles.